The van der Waals surface area contributed by atoms with Crippen molar-refractivity contribution in [3.63, 3.8) is 0 Å². The summed E-state index contributed by atoms with van der Waals surface area (Å²) in [5, 5.41) is 9.61. The van der Waals surface area contributed by atoms with Crippen LogP contribution in [0.5, 0.6) is 0 Å². The van der Waals surface area contributed by atoms with Crippen LogP contribution in [0.3, 0.4) is 0 Å². The molecule has 0 radical (unpaired) electrons. The summed E-state index contributed by atoms with van der Waals surface area (Å²) < 4.78 is 14.6. The molecule has 5 heteroatoms. The van der Waals surface area contributed by atoms with E-state index in [1.807, 2.05) is 25.1 Å². The van der Waals surface area contributed by atoms with E-state index in [9.17, 15) is 9.18 Å². The van der Waals surface area contributed by atoms with Gasteiger partial charge in [-0.1, -0.05) is 18.2 Å². The molecule has 0 fully saturated rings. The van der Waals surface area contributed by atoms with Crippen LogP contribution in [0.15, 0.2) is 47.5 Å². The van der Waals surface area contributed by atoms with Crippen LogP contribution in [0.2, 0.25) is 0 Å². The number of benzene rings is 2. The van der Waals surface area contributed by atoms with Gasteiger partial charge in [0.2, 0.25) is 0 Å². The Morgan fingerprint density at radius 1 is 1.32 bits per heavy atom. The number of aryl methyl sites for hydroxylation is 1. The molecule has 0 saturated carbocycles. The molecule has 0 saturated heterocycles. The number of nitrogens with zero attached hydrogens (tertiary/aromatic N) is 3. The lowest BCUT2D eigenvalue weighted by molar-refractivity contribution is 0.625. The Kier molecular flexibility index (Phi) is 3.43. The van der Waals surface area contributed by atoms with Gasteiger partial charge in [0.15, 0.2) is 0 Å². The van der Waals surface area contributed by atoms with Crippen LogP contribution in [0.4, 0.5) is 4.39 Å². The predicted molar refractivity (Wildman–Crippen MR) is 81.0 cm³/mol. The van der Waals surface area contributed by atoms with Gasteiger partial charge in [0.05, 0.1) is 35.4 Å². The standard InChI is InChI=1S/C17H12FN3O/c1-11-3-2-4-15-16(11)20-10-21(17(15)22)9-12-5-6-14(18)7-13(12)8-19/h2-7,10H,9H2,1H3. The van der Waals surface area contributed by atoms with Gasteiger partial charge in [0, 0.05) is 0 Å². The lowest BCUT2D eigenvalue weighted by Crippen LogP contribution is -2.21. The van der Waals surface area contributed by atoms with Crippen molar-refractivity contribution in [3.8, 4) is 6.07 Å². The Bertz CT molecular complexity index is 970. The Morgan fingerprint density at radius 3 is 2.91 bits per heavy atom. The molecule has 0 N–H and O–H groups in total. The summed E-state index contributed by atoms with van der Waals surface area (Å²) in [4.78, 5) is 16.8. The minimum Gasteiger partial charge on any atom is -0.294 e. The summed E-state index contributed by atoms with van der Waals surface area (Å²) >= 11 is 0. The number of rotatable bonds is 2. The predicted octanol–water partition coefficient (Wildman–Crippen LogP) is 2.76. The first-order valence-electron chi connectivity index (χ1n) is 6.73. The fraction of sp³-hybridized carbons (Fsp3) is 0.118. The van der Waals surface area contributed by atoms with Crippen LogP contribution in [-0.4, -0.2) is 9.55 Å². The van der Waals surface area contributed by atoms with Gasteiger partial charge in [0.25, 0.3) is 5.56 Å². The van der Waals surface area contributed by atoms with E-state index in [1.54, 1.807) is 6.07 Å². The molecular formula is C17H12FN3O. The fourth-order valence-electron chi connectivity index (χ4n) is 2.42. The molecule has 3 aromatic rings. The molecule has 0 bridgehead atoms. The molecule has 22 heavy (non-hydrogen) atoms. The van der Waals surface area contributed by atoms with Crippen LogP contribution in [0.25, 0.3) is 10.9 Å². The van der Waals surface area contributed by atoms with Gasteiger partial charge in [-0.15, -0.1) is 0 Å². The molecule has 1 heterocycles. The van der Waals surface area contributed by atoms with Crippen molar-refractivity contribution in [3.05, 3.63) is 75.6 Å². The average molecular weight is 293 g/mol. The maximum absolute atomic E-state index is 13.2. The second-order valence-electron chi connectivity index (χ2n) is 5.06. The highest BCUT2D eigenvalue weighted by molar-refractivity contribution is 5.80. The lowest BCUT2D eigenvalue weighted by atomic mass is 10.1. The van der Waals surface area contributed by atoms with E-state index in [4.69, 9.17) is 5.26 Å². The fourth-order valence-corrected chi connectivity index (χ4v) is 2.42. The normalized spacial score (nSPS) is 10.6. The Balaban J connectivity index is 2.11. The molecular weight excluding hydrogens is 281 g/mol. The lowest BCUT2D eigenvalue weighted by Gasteiger charge is -2.09. The Labute approximate surface area is 126 Å². The first-order chi connectivity index (χ1) is 10.6. The van der Waals surface area contributed by atoms with Crippen LogP contribution in [0.1, 0.15) is 16.7 Å². The third-order valence-corrected chi connectivity index (χ3v) is 3.59. The van der Waals surface area contributed by atoms with Crippen molar-refractivity contribution >= 4 is 10.9 Å². The van der Waals surface area contributed by atoms with Crippen LogP contribution in [0, 0.1) is 24.1 Å². The number of nitriles is 1. The second-order valence-corrected chi connectivity index (χ2v) is 5.06. The number of hydrogen-bond donors (Lipinski definition) is 0. The number of halogens is 1. The SMILES string of the molecule is Cc1cccc2c(=O)n(Cc3ccc(F)cc3C#N)cnc12. The van der Waals surface area contributed by atoms with Gasteiger partial charge >= 0.3 is 0 Å². The Hall–Kier alpha value is -3.00. The summed E-state index contributed by atoms with van der Waals surface area (Å²) in [7, 11) is 0. The first-order valence-corrected chi connectivity index (χ1v) is 6.73. The highest BCUT2D eigenvalue weighted by Crippen LogP contribution is 2.14. The van der Waals surface area contributed by atoms with E-state index < -0.39 is 5.82 Å². The summed E-state index contributed by atoms with van der Waals surface area (Å²) in [5.41, 5.74) is 2.22. The van der Waals surface area contributed by atoms with Crippen LogP contribution >= 0.6 is 0 Å². The average Bonchev–Trinajstić information content (AvgIpc) is 2.52. The van der Waals surface area contributed by atoms with Crippen LogP contribution in [-0.2, 0) is 6.54 Å². The van der Waals surface area contributed by atoms with E-state index in [0.717, 1.165) is 5.56 Å². The highest BCUT2D eigenvalue weighted by atomic mass is 19.1. The third kappa shape index (κ3) is 2.35. The molecule has 0 amide bonds. The number of hydrogen-bond acceptors (Lipinski definition) is 3. The maximum Gasteiger partial charge on any atom is 0.261 e. The zero-order valence-electron chi connectivity index (χ0n) is 11.9. The molecule has 0 spiro atoms. The van der Waals surface area contributed by atoms with E-state index >= 15 is 0 Å². The molecule has 0 atom stereocenters. The summed E-state index contributed by atoms with van der Waals surface area (Å²) in [6, 6.07) is 11.3. The third-order valence-electron chi connectivity index (χ3n) is 3.59. The molecule has 1 aromatic heterocycles. The number of aromatic nitrogens is 2. The zero-order chi connectivity index (χ0) is 15.7. The van der Waals surface area contributed by atoms with Gasteiger partial charge in [-0.25, -0.2) is 9.37 Å². The monoisotopic (exact) mass is 293 g/mol. The summed E-state index contributed by atoms with van der Waals surface area (Å²) in [5.74, 6) is -0.472. The molecule has 108 valence electrons. The molecule has 0 unspecified atom stereocenters. The zero-order valence-corrected chi connectivity index (χ0v) is 11.9. The van der Waals surface area contributed by atoms with E-state index in [-0.39, 0.29) is 17.7 Å². The molecule has 0 aliphatic carbocycles. The smallest absolute Gasteiger partial charge is 0.261 e. The Morgan fingerprint density at radius 2 is 2.14 bits per heavy atom. The molecule has 0 aliphatic rings. The molecule has 3 rings (SSSR count). The minimum absolute atomic E-state index is 0.179. The summed E-state index contributed by atoms with van der Waals surface area (Å²) in [6.45, 7) is 2.08. The molecule has 0 aliphatic heterocycles. The topological polar surface area (TPSA) is 58.7 Å². The van der Waals surface area contributed by atoms with Crippen molar-refractivity contribution in [2.24, 2.45) is 0 Å². The minimum atomic E-state index is -0.472. The molecule has 2 aromatic carbocycles. The largest absolute Gasteiger partial charge is 0.294 e. The molecule has 4 nitrogen and oxygen atoms in total. The van der Waals surface area contributed by atoms with Gasteiger partial charge < -0.3 is 0 Å². The second kappa shape index (κ2) is 5.41. The van der Waals surface area contributed by atoms with Crippen molar-refractivity contribution in [2.45, 2.75) is 13.5 Å². The van der Waals surface area contributed by atoms with Crippen molar-refractivity contribution in [1.82, 2.24) is 9.55 Å². The van der Waals surface area contributed by atoms with Crippen molar-refractivity contribution in [1.29, 1.82) is 5.26 Å². The first kappa shape index (κ1) is 14.0. The van der Waals surface area contributed by atoms with Gasteiger partial charge in [0.1, 0.15) is 5.82 Å². The highest BCUT2D eigenvalue weighted by Gasteiger charge is 2.09. The van der Waals surface area contributed by atoms with Crippen LogP contribution < -0.4 is 5.56 Å². The van der Waals surface area contributed by atoms with Crippen molar-refractivity contribution < 1.29 is 4.39 Å². The quantitative estimate of drug-likeness (QED) is 0.730. The van der Waals surface area contributed by atoms with Crippen molar-refractivity contribution in [2.75, 3.05) is 0 Å². The number of para-hydroxylation sites is 1. The van der Waals surface area contributed by atoms with Gasteiger partial charge in [-0.2, -0.15) is 5.26 Å². The maximum atomic E-state index is 13.2. The van der Waals surface area contributed by atoms with Gasteiger partial charge in [-0.05, 0) is 36.2 Å². The van der Waals surface area contributed by atoms with E-state index in [1.165, 1.54) is 29.1 Å². The summed E-state index contributed by atoms with van der Waals surface area (Å²) in [6.07, 6.45) is 1.46. The number of fused-ring (bicyclic) bond motifs is 1. The van der Waals surface area contributed by atoms with E-state index in [2.05, 4.69) is 4.98 Å². The van der Waals surface area contributed by atoms with E-state index in [0.29, 0.717) is 16.5 Å². The van der Waals surface area contributed by atoms with Gasteiger partial charge in [-0.3, -0.25) is 9.36 Å².